The summed E-state index contributed by atoms with van der Waals surface area (Å²) in [5.74, 6) is 6.25. The van der Waals surface area contributed by atoms with Gasteiger partial charge in [-0.1, -0.05) is 46.0 Å². The molecular formula is C18H18BrNO3S. The van der Waals surface area contributed by atoms with Crippen molar-refractivity contribution >= 4 is 26.0 Å². The molecule has 0 atom stereocenters. The van der Waals surface area contributed by atoms with Gasteiger partial charge in [-0.15, -0.1) is 0 Å². The van der Waals surface area contributed by atoms with Crippen molar-refractivity contribution in [2.45, 2.75) is 18.7 Å². The molecule has 0 aliphatic heterocycles. The Kier molecular flexibility index (Phi) is 6.44. The van der Waals surface area contributed by atoms with Crippen molar-refractivity contribution in [2.24, 2.45) is 0 Å². The molecule has 1 N–H and O–H groups in total. The summed E-state index contributed by atoms with van der Waals surface area (Å²) in [7, 11) is -3.56. The van der Waals surface area contributed by atoms with Crippen LogP contribution < -0.4 is 9.46 Å². The maximum absolute atomic E-state index is 12.3. The van der Waals surface area contributed by atoms with Gasteiger partial charge < -0.3 is 4.74 Å². The summed E-state index contributed by atoms with van der Waals surface area (Å²) in [5, 5.41) is 0. The van der Waals surface area contributed by atoms with E-state index in [-0.39, 0.29) is 18.0 Å². The molecule has 0 aromatic heterocycles. The number of benzene rings is 2. The summed E-state index contributed by atoms with van der Waals surface area (Å²) in [4.78, 5) is 0.287. The molecule has 0 bridgehead atoms. The minimum Gasteiger partial charge on any atom is -0.481 e. The Morgan fingerprint density at radius 2 is 1.92 bits per heavy atom. The van der Waals surface area contributed by atoms with E-state index in [1.54, 1.807) is 19.1 Å². The fraction of sp³-hybridized carbons (Fsp3) is 0.222. The van der Waals surface area contributed by atoms with Gasteiger partial charge in [-0.2, -0.15) is 4.72 Å². The number of rotatable bonds is 5. The van der Waals surface area contributed by atoms with Crippen molar-refractivity contribution < 1.29 is 13.2 Å². The van der Waals surface area contributed by atoms with Crippen molar-refractivity contribution in [2.75, 3.05) is 13.2 Å². The predicted molar refractivity (Wildman–Crippen MR) is 98.5 cm³/mol. The van der Waals surface area contributed by atoms with Crippen LogP contribution in [-0.2, 0) is 10.0 Å². The Balaban J connectivity index is 1.89. The zero-order valence-corrected chi connectivity index (χ0v) is 15.9. The average molecular weight is 408 g/mol. The van der Waals surface area contributed by atoms with Gasteiger partial charge in [0, 0.05) is 4.47 Å². The fourth-order valence-electron chi connectivity index (χ4n) is 2.00. The Morgan fingerprint density at radius 3 is 2.67 bits per heavy atom. The Morgan fingerprint density at radius 1 is 1.12 bits per heavy atom. The standard InChI is InChI=1S/C18H18BrNO3S/c1-14-8-9-15(2)18(12-14)24(21,22)20-10-3-4-11-23-17-7-5-6-16(19)13-17/h5-9,12-13,20H,10-11H2,1-2H3. The van der Waals surface area contributed by atoms with Crippen LogP contribution in [0.15, 0.2) is 51.8 Å². The van der Waals surface area contributed by atoms with Crippen LogP contribution in [0.1, 0.15) is 11.1 Å². The third kappa shape index (κ3) is 5.38. The maximum Gasteiger partial charge on any atom is 0.241 e. The molecule has 0 fully saturated rings. The lowest BCUT2D eigenvalue weighted by Crippen LogP contribution is -2.24. The first-order chi connectivity index (χ1) is 11.4. The lowest BCUT2D eigenvalue weighted by Gasteiger charge is -2.08. The summed E-state index contributed by atoms with van der Waals surface area (Å²) < 4.78 is 33.4. The SMILES string of the molecule is Cc1ccc(C)c(S(=O)(=O)NCC#CCOc2cccc(Br)c2)c1. The van der Waals surface area contributed by atoms with E-state index in [0.29, 0.717) is 11.3 Å². The number of nitrogens with one attached hydrogen (secondary N) is 1. The summed E-state index contributed by atoms with van der Waals surface area (Å²) in [5.41, 5.74) is 1.61. The smallest absolute Gasteiger partial charge is 0.241 e. The number of sulfonamides is 1. The van der Waals surface area contributed by atoms with Gasteiger partial charge in [0.1, 0.15) is 12.4 Å². The van der Waals surface area contributed by atoms with E-state index in [9.17, 15) is 8.42 Å². The molecule has 4 nitrogen and oxygen atoms in total. The molecule has 0 unspecified atom stereocenters. The van der Waals surface area contributed by atoms with E-state index in [4.69, 9.17) is 4.74 Å². The lowest BCUT2D eigenvalue weighted by atomic mass is 10.2. The van der Waals surface area contributed by atoms with Crippen LogP contribution in [-0.4, -0.2) is 21.6 Å². The third-order valence-electron chi connectivity index (χ3n) is 3.22. The quantitative estimate of drug-likeness (QED) is 0.772. The highest BCUT2D eigenvalue weighted by Crippen LogP contribution is 2.17. The van der Waals surface area contributed by atoms with Gasteiger partial charge in [0.2, 0.25) is 10.0 Å². The molecule has 0 saturated carbocycles. The minimum atomic E-state index is -3.56. The largest absolute Gasteiger partial charge is 0.481 e. The first kappa shape index (κ1) is 18.5. The topological polar surface area (TPSA) is 55.4 Å². The molecule has 0 amide bonds. The van der Waals surface area contributed by atoms with E-state index in [1.807, 2.05) is 37.3 Å². The Labute approximate surface area is 151 Å². The van der Waals surface area contributed by atoms with E-state index >= 15 is 0 Å². The molecule has 24 heavy (non-hydrogen) atoms. The van der Waals surface area contributed by atoms with Crippen molar-refractivity contribution in [3.63, 3.8) is 0 Å². The second-order valence-electron chi connectivity index (χ2n) is 5.19. The zero-order chi connectivity index (χ0) is 17.6. The highest BCUT2D eigenvalue weighted by Gasteiger charge is 2.15. The fourth-order valence-corrected chi connectivity index (χ4v) is 3.62. The van der Waals surface area contributed by atoms with E-state index in [2.05, 4.69) is 32.5 Å². The van der Waals surface area contributed by atoms with Crippen LogP contribution in [0.4, 0.5) is 0 Å². The van der Waals surface area contributed by atoms with Crippen LogP contribution in [0.2, 0.25) is 0 Å². The number of halogens is 1. The molecule has 0 saturated heterocycles. The molecule has 0 aliphatic rings. The van der Waals surface area contributed by atoms with Gasteiger partial charge in [0.25, 0.3) is 0 Å². The van der Waals surface area contributed by atoms with Gasteiger partial charge in [-0.05, 0) is 49.2 Å². The summed E-state index contributed by atoms with van der Waals surface area (Å²) in [6.07, 6.45) is 0. The van der Waals surface area contributed by atoms with E-state index < -0.39 is 10.0 Å². The number of hydrogen-bond acceptors (Lipinski definition) is 3. The van der Waals surface area contributed by atoms with Gasteiger partial charge in [-0.25, -0.2) is 8.42 Å². The van der Waals surface area contributed by atoms with E-state index in [0.717, 1.165) is 10.0 Å². The van der Waals surface area contributed by atoms with Crippen LogP contribution in [0.5, 0.6) is 5.75 Å². The molecule has 0 spiro atoms. The van der Waals surface area contributed by atoms with Crippen LogP contribution in [0.25, 0.3) is 0 Å². The molecule has 2 rings (SSSR count). The second-order valence-corrected chi connectivity index (χ2v) is 7.84. The van der Waals surface area contributed by atoms with Gasteiger partial charge in [-0.3, -0.25) is 0 Å². The molecule has 6 heteroatoms. The van der Waals surface area contributed by atoms with Gasteiger partial charge in [0.05, 0.1) is 11.4 Å². The van der Waals surface area contributed by atoms with Gasteiger partial charge in [0.15, 0.2) is 0 Å². The first-order valence-corrected chi connectivity index (χ1v) is 9.57. The average Bonchev–Trinajstić information content (AvgIpc) is 2.53. The summed E-state index contributed by atoms with van der Waals surface area (Å²) >= 11 is 3.36. The molecule has 0 heterocycles. The minimum absolute atomic E-state index is 0.0392. The van der Waals surface area contributed by atoms with E-state index in [1.165, 1.54) is 0 Å². The van der Waals surface area contributed by atoms with Crippen LogP contribution >= 0.6 is 15.9 Å². The zero-order valence-electron chi connectivity index (χ0n) is 13.5. The first-order valence-electron chi connectivity index (χ1n) is 7.29. The Hall–Kier alpha value is -1.81. The highest BCUT2D eigenvalue weighted by molar-refractivity contribution is 9.10. The summed E-state index contributed by atoms with van der Waals surface area (Å²) in [6.45, 7) is 3.86. The normalized spacial score (nSPS) is 10.8. The maximum atomic E-state index is 12.3. The van der Waals surface area contributed by atoms with Crippen LogP contribution in [0.3, 0.4) is 0 Å². The second kappa shape index (κ2) is 8.34. The summed E-state index contributed by atoms with van der Waals surface area (Å²) in [6, 6.07) is 12.8. The molecular weight excluding hydrogens is 390 g/mol. The monoisotopic (exact) mass is 407 g/mol. The molecule has 0 radical (unpaired) electrons. The Bertz CT molecular complexity index is 883. The molecule has 0 aliphatic carbocycles. The van der Waals surface area contributed by atoms with Crippen molar-refractivity contribution in [3.05, 3.63) is 58.1 Å². The van der Waals surface area contributed by atoms with Crippen LogP contribution in [0, 0.1) is 25.7 Å². The predicted octanol–water partition coefficient (Wildman–Crippen LogP) is 3.43. The lowest BCUT2D eigenvalue weighted by molar-refractivity contribution is 0.370. The molecule has 126 valence electrons. The number of hydrogen-bond donors (Lipinski definition) is 1. The van der Waals surface area contributed by atoms with Crippen molar-refractivity contribution in [3.8, 4) is 17.6 Å². The third-order valence-corrected chi connectivity index (χ3v) is 5.25. The molecule has 2 aromatic carbocycles. The van der Waals surface area contributed by atoms with Gasteiger partial charge >= 0.3 is 0 Å². The van der Waals surface area contributed by atoms with Crippen molar-refractivity contribution in [1.82, 2.24) is 4.72 Å². The molecule has 2 aromatic rings. The number of aryl methyl sites for hydroxylation is 2. The highest BCUT2D eigenvalue weighted by atomic mass is 79.9. The van der Waals surface area contributed by atoms with Crippen molar-refractivity contribution in [1.29, 1.82) is 0 Å². The number of ether oxygens (including phenoxy) is 1.